The zero-order valence-corrected chi connectivity index (χ0v) is 24.8. The van der Waals surface area contributed by atoms with Crippen molar-refractivity contribution in [3.05, 3.63) is 48.5 Å². The molecule has 0 radical (unpaired) electrons. The third kappa shape index (κ3) is 6.80. The van der Waals surface area contributed by atoms with Gasteiger partial charge < -0.3 is 24.5 Å². The second-order valence-corrected chi connectivity index (χ2v) is 12.4. The molecule has 6 atom stereocenters. The summed E-state index contributed by atoms with van der Waals surface area (Å²) in [4.78, 5) is 32.8. The number of hydrogen-bond acceptors (Lipinski definition) is 12. The molecule has 1 aliphatic heterocycles. The minimum absolute atomic E-state index is 0.0712. The molecule has 2 fully saturated rings. The molecule has 43 heavy (non-hydrogen) atoms. The first-order valence-corrected chi connectivity index (χ1v) is 15.4. The maximum absolute atomic E-state index is 16.5. The molecule has 5 rings (SSSR count). The lowest BCUT2D eigenvalue weighted by Gasteiger charge is -2.27. The minimum Gasteiger partial charge on any atom is -0.461 e. The standard InChI is InChI=1S/C27H34FN6O8P/c1-16(26(36)40-18-9-7-8-10-18)33-43(37,42-19-11-5-4-6-12-19)38-14-21-23(39-17(2)35)27(3,28)22(41-21)20-13-30-25-24(29)31-15-32-34(20)25/h4-6,11-13,15-16,18,21-23H,7-10,14H2,1-3H3,(H,33,37)(H2,29,31,32). The lowest BCUT2D eigenvalue weighted by Crippen LogP contribution is -2.43. The van der Waals surface area contributed by atoms with Crippen molar-refractivity contribution < 1.29 is 41.8 Å². The van der Waals surface area contributed by atoms with Crippen LogP contribution in [0, 0.1) is 0 Å². The summed E-state index contributed by atoms with van der Waals surface area (Å²) in [5, 5.41) is 6.72. The Bertz CT molecular complexity index is 1500. The summed E-state index contributed by atoms with van der Waals surface area (Å²) in [6, 6.07) is 7.11. The van der Waals surface area contributed by atoms with Crippen LogP contribution >= 0.6 is 7.75 Å². The molecule has 2 aliphatic rings. The Morgan fingerprint density at radius 1 is 1.23 bits per heavy atom. The van der Waals surface area contributed by atoms with Crippen molar-refractivity contribution in [2.75, 3.05) is 12.3 Å². The van der Waals surface area contributed by atoms with Gasteiger partial charge in [-0.15, -0.1) is 0 Å². The van der Waals surface area contributed by atoms with Gasteiger partial charge in [-0.3, -0.25) is 14.1 Å². The van der Waals surface area contributed by atoms with E-state index in [-0.39, 0.29) is 29.0 Å². The maximum atomic E-state index is 16.5. The van der Waals surface area contributed by atoms with Crippen molar-refractivity contribution >= 4 is 31.2 Å². The van der Waals surface area contributed by atoms with Crippen LogP contribution in [0.1, 0.15) is 58.3 Å². The number of carbonyl (C=O) groups excluding carboxylic acids is 2. The summed E-state index contributed by atoms with van der Waals surface area (Å²) in [7, 11) is -4.32. The van der Waals surface area contributed by atoms with Gasteiger partial charge in [0.15, 0.2) is 23.2 Å². The molecular weight excluding hydrogens is 586 g/mol. The molecule has 1 aliphatic carbocycles. The number of ether oxygens (including phenoxy) is 3. The number of anilines is 1. The van der Waals surface area contributed by atoms with Crippen LogP contribution in [0.3, 0.4) is 0 Å². The van der Waals surface area contributed by atoms with Gasteiger partial charge in [0.2, 0.25) is 0 Å². The number of esters is 2. The Kier molecular flexibility index (Phi) is 8.97. The fraction of sp³-hybridized carbons (Fsp3) is 0.519. The smallest absolute Gasteiger partial charge is 0.459 e. The van der Waals surface area contributed by atoms with Crippen LogP contribution in [-0.2, 0) is 32.9 Å². The average molecular weight is 621 g/mol. The van der Waals surface area contributed by atoms with E-state index in [0.29, 0.717) is 0 Å². The highest BCUT2D eigenvalue weighted by molar-refractivity contribution is 7.52. The number of nitrogen functional groups attached to an aromatic ring is 1. The Morgan fingerprint density at radius 2 is 1.95 bits per heavy atom. The number of nitrogens with zero attached hydrogens (tertiary/aromatic N) is 4. The van der Waals surface area contributed by atoms with Gasteiger partial charge in [0.25, 0.3) is 0 Å². The van der Waals surface area contributed by atoms with Crippen LogP contribution in [0.15, 0.2) is 42.9 Å². The van der Waals surface area contributed by atoms with Crippen molar-refractivity contribution in [1.82, 2.24) is 24.7 Å². The van der Waals surface area contributed by atoms with Gasteiger partial charge in [0.1, 0.15) is 36.4 Å². The fourth-order valence-electron chi connectivity index (χ4n) is 5.22. The van der Waals surface area contributed by atoms with E-state index in [1.165, 1.54) is 30.9 Å². The summed E-state index contributed by atoms with van der Waals surface area (Å²) >= 11 is 0. The molecule has 3 aromatic rings. The van der Waals surface area contributed by atoms with Crippen molar-refractivity contribution in [3.63, 3.8) is 0 Å². The van der Waals surface area contributed by atoms with E-state index in [9.17, 15) is 14.2 Å². The van der Waals surface area contributed by atoms with Crippen LogP contribution in [0.25, 0.3) is 5.65 Å². The van der Waals surface area contributed by atoms with E-state index >= 15 is 4.39 Å². The highest BCUT2D eigenvalue weighted by Crippen LogP contribution is 2.49. The molecule has 1 saturated heterocycles. The maximum Gasteiger partial charge on any atom is 0.459 e. The van der Waals surface area contributed by atoms with Gasteiger partial charge >= 0.3 is 19.7 Å². The molecular formula is C27H34FN6O8P. The zero-order valence-electron chi connectivity index (χ0n) is 23.9. The van der Waals surface area contributed by atoms with E-state index in [1.807, 2.05) is 0 Å². The van der Waals surface area contributed by atoms with Gasteiger partial charge in [-0.1, -0.05) is 18.2 Å². The third-order valence-corrected chi connectivity index (χ3v) is 8.95. The predicted octanol–water partition coefficient (Wildman–Crippen LogP) is 3.47. The number of fused-ring (bicyclic) bond motifs is 1. The molecule has 3 N–H and O–H groups in total. The first kappa shape index (κ1) is 30.8. The van der Waals surface area contributed by atoms with Crippen LogP contribution in [0.5, 0.6) is 5.75 Å². The number of nitrogens with one attached hydrogen (secondary N) is 1. The number of imidazole rings is 1. The molecule has 3 heterocycles. The second kappa shape index (κ2) is 12.5. The fourth-order valence-corrected chi connectivity index (χ4v) is 6.72. The Balaban J connectivity index is 1.38. The number of rotatable bonds is 11. The van der Waals surface area contributed by atoms with E-state index in [4.69, 9.17) is 29.0 Å². The molecule has 14 nitrogen and oxygen atoms in total. The normalized spacial score (nSPS) is 26.2. The Hall–Kier alpha value is -3.65. The highest BCUT2D eigenvalue weighted by atomic mass is 31.2. The predicted molar refractivity (Wildman–Crippen MR) is 149 cm³/mol. The SMILES string of the molecule is CC(=O)OC1C(COP(=O)(NC(C)C(=O)OC2CCCC2)Oc2ccccc2)OC(c2cnc3c(N)ncnn23)C1(C)F. The molecule has 0 amide bonds. The lowest BCUT2D eigenvalue weighted by atomic mass is 9.93. The van der Waals surface area contributed by atoms with E-state index in [2.05, 4.69) is 20.2 Å². The molecule has 6 unspecified atom stereocenters. The first-order chi connectivity index (χ1) is 20.5. The number of carbonyl (C=O) groups is 2. The second-order valence-electron chi connectivity index (χ2n) is 10.7. The molecule has 0 bridgehead atoms. The van der Waals surface area contributed by atoms with Crippen LogP contribution < -0.4 is 15.3 Å². The van der Waals surface area contributed by atoms with Crippen molar-refractivity contribution in [3.8, 4) is 5.75 Å². The van der Waals surface area contributed by atoms with Gasteiger partial charge in [0, 0.05) is 6.92 Å². The molecule has 16 heteroatoms. The average Bonchev–Trinajstić information content (AvgIpc) is 3.68. The topological polar surface area (TPSA) is 178 Å². The zero-order chi connectivity index (χ0) is 30.8. The van der Waals surface area contributed by atoms with Crippen molar-refractivity contribution in [2.24, 2.45) is 0 Å². The molecule has 232 valence electrons. The molecule has 0 spiro atoms. The van der Waals surface area contributed by atoms with Crippen molar-refractivity contribution in [1.29, 1.82) is 0 Å². The summed E-state index contributed by atoms with van der Waals surface area (Å²) in [6.07, 6.45) is 1.67. The highest BCUT2D eigenvalue weighted by Gasteiger charge is 2.59. The van der Waals surface area contributed by atoms with Gasteiger partial charge in [-0.2, -0.15) is 10.2 Å². The lowest BCUT2D eigenvalue weighted by molar-refractivity contribution is -0.155. The van der Waals surface area contributed by atoms with E-state index in [1.54, 1.807) is 30.3 Å². The number of aromatic nitrogens is 4. The summed E-state index contributed by atoms with van der Waals surface area (Å²) < 4.78 is 60.2. The molecule has 1 saturated carbocycles. The van der Waals surface area contributed by atoms with Crippen molar-refractivity contribution in [2.45, 2.75) is 82.6 Å². The third-order valence-electron chi connectivity index (χ3n) is 7.30. The number of nitrogens with two attached hydrogens (primary N) is 1. The minimum atomic E-state index is -4.32. The summed E-state index contributed by atoms with van der Waals surface area (Å²) in [6.45, 7) is 3.26. The van der Waals surface area contributed by atoms with E-state index in [0.717, 1.165) is 32.6 Å². The van der Waals surface area contributed by atoms with Crippen LogP contribution in [0.2, 0.25) is 0 Å². The number of halogens is 1. The van der Waals surface area contributed by atoms with Gasteiger partial charge in [0.05, 0.1) is 18.5 Å². The van der Waals surface area contributed by atoms with Crippen LogP contribution in [0.4, 0.5) is 10.2 Å². The monoisotopic (exact) mass is 620 g/mol. The van der Waals surface area contributed by atoms with Gasteiger partial charge in [-0.05, 0) is 51.7 Å². The van der Waals surface area contributed by atoms with Gasteiger partial charge in [-0.25, -0.2) is 23.4 Å². The number of hydrogen-bond donors (Lipinski definition) is 2. The summed E-state index contributed by atoms with van der Waals surface area (Å²) in [5.41, 5.74) is 3.93. The number of alkyl halides is 1. The number of benzene rings is 1. The Labute approximate surface area is 247 Å². The van der Waals surface area contributed by atoms with E-state index < -0.39 is 56.3 Å². The summed E-state index contributed by atoms with van der Waals surface area (Å²) in [5.74, 6) is -1.12. The number of para-hydroxylation sites is 1. The largest absolute Gasteiger partial charge is 0.461 e. The quantitative estimate of drug-likeness (QED) is 0.235. The first-order valence-electron chi connectivity index (χ1n) is 13.9. The molecule has 2 aromatic heterocycles. The van der Waals surface area contributed by atoms with Crippen LogP contribution in [-0.4, -0.2) is 68.2 Å². The molecule has 1 aromatic carbocycles. The Morgan fingerprint density at radius 3 is 2.65 bits per heavy atom.